The number of hydrogen-bond donors (Lipinski definition) is 2. The van der Waals surface area contributed by atoms with E-state index in [1.807, 2.05) is 30.3 Å². The van der Waals surface area contributed by atoms with Crippen molar-refractivity contribution in [3.05, 3.63) is 35.9 Å². The van der Waals surface area contributed by atoms with E-state index < -0.39 is 5.60 Å². The minimum Gasteiger partial charge on any atom is -0.385 e. The molecule has 2 rings (SSSR count). The van der Waals surface area contributed by atoms with Crippen molar-refractivity contribution in [2.75, 3.05) is 13.2 Å². The molecule has 0 aromatic heterocycles. The van der Waals surface area contributed by atoms with Crippen LogP contribution in [0.2, 0.25) is 0 Å². The SMILES string of the molecule is CC(C)C1OCCCC1CNC(=O)CC(C)(O)c1ccccc1. The second-order valence-corrected chi connectivity index (χ2v) is 7.10. The molecule has 23 heavy (non-hydrogen) atoms. The summed E-state index contributed by atoms with van der Waals surface area (Å²) in [6, 6.07) is 9.32. The van der Waals surface area contributed by atoms with Crippen LogP contribution < -0.4 is 5.32 Å². The smallest absolute Gasteiger partial charge is 0.223 e. The highest BCUT2D eigenvalue weighted by Gasteiger charge is 2.30. The van der Waals surface area contributed by atoms with E-state index in [4.69, 9.17) is 4.74 Å². The predicted molar refractivity (Wildman–Crippen MR) is 90.9 cm³/mol. The highest BCUT2D eigenvalue weighted by molar-refractivity contribution is 5.77. The molecule has 1 saturated heterocycles. The van der Waals surface area contributed by atoms with Crippen LogP contribution in [0, 0.1) is 11.8 Å². The van der Waals surface area contributed by atoms with Crippen molar-refractivity contribution in [2.24, 2.45) is 11.8 Å². The maximum absolute atomic E-state index is 12.2. The van der Waals surface area contributed by atoms with Gasteiger partial charge in [-0.3, -0.25) is 4.79 Å². The van der Waals surface area contributed by atoms with E-state index in [1.165, 1.54) is 0 Å². The van der Waals surface area contributed by atoms with Crippen LogP contribution in [0.5, 0.6) is 0 Å². The van der Waals surface area contributed by atoms with Gasteiger partial charge in [0.15, 0.2) is 0 Å². The summed E-state index contributed by atoms with van der Waals surface area (Å²) in [5.74, 6) is 0.686. The molecule has 0 saturated carbocycles. The van der Waals surface area contributed by atoms with Gasteiger partial charge in [0.1, 0.15) is 0 Å². The van der Waals surface area contributed by atoms with E-state index in [2.05, 4.69) is 19.2 Å². The van der Waals surface area contributed by atoms with Gasteiger partial charge in [0.05, 0.1) is 18.1 Å². The van der Waals surface area contributed by atoms with Crippen LogP contribution in [0.3, 0.4) is 0 Å². The zero-order valence-electron chi connectivity index (χ0n) is 14.4. The average Bonchev–Trinajstić information content (AvgIpc) is 2.53. The van der Waals surface area contributed by atoms with Crippen LogP contribution >= 0.6 is 0 Å². The normalized spacial score (nSPS) is 24.2. The van der Waals surface area contributed by atoms with Crippen LogP contribution in [0.1, 0.15) is 45.6 Å². The zero-order valence-corrected chi connectivity index (χ0v) is 14.4. The number of hydrogen-bond acceptors (Lipinski definition) is 3. The Balaban J connectivity index is 1.87. The number of rotatable bonds is 6. The molecule has 0 spiro atoms. The molecule has 1 heterocycles. The fraction of sp³-hybridized carbons (Fsp3) is 0.632. The first-order valence-corrected chi connectivity index (χ1v) is 8.56. The van der Waals surface area contributed by atoms with Gasteiger partial charge in [0.25, 0.3) is 0 Å². The fourth-order valence-electron chi connectivity index (χ4n) is 3.34. The van der Waals surface area contributed by atoms with E-state index in [0.717, 1.165) is 25.0 Å². The molecule has 1 aliphatic heterocycles. The predicted octanol–water partition coefficient (Wildman–Crippen LogP) is 2.85. The van der Waals surface area contributed by atoms with Crippen molar-refractivity contribution in [2.45, 2.75) is 51.7 Å². The maximum Gasteiger partial charge on any atom is 0.223 e. The van der Waals surface area contributed by atoms with Crippen LogP contribution in [-0.2, 0) is 15.1 Å². The summed E-state index contributed by atoms with van der Waals surface area (Å²) >= 11 is 0. The monoisotopic (exact) mass is 319 g/mol. The third-order valence-corrected chi connectivity index (χ3v) is 4.61. The second kappa shape index (κ2) is 7.93. The first-order chi connectivity index (χ1) is 10.9. The Morgan fingerprint density at radius 1 is 1.39 bits per heavy atom. The number of carbonyl (C=O) groups excluding carboxylic acids is 1. The molecule has 0 radical (unpaired) electrons. The number of aliphatic hydroxyl groups is 1. The van der Waals surface area contributed by atoms with Crippen molar-refractivity contribution >= 4 is 5.91 Å². The quantitative estimate of drug-likeness (QED) is 0.847. The molecule has 2 N–H and O–H groups in total. The largest absolute Gasteiger partial charge is 0.385 e. The summed E-state index contributed by atoms with van der Waals surface area (Å²) in [7, 11) is 0. The van der Waals surface area contributed by atoms with E-state index in [0.29, 0.717) is 18.4 Å². The van der Waals surface area contributed by atoms with Gasteiger partial charge in [0.2, 0.25) is 5.91 Å². The molecule has 1 aromatic carbocycles. The lowest BCUT2D eigenvalue weighted by Crippen LogP contribution is -2.42. The summed E-state index contributed by atoms with van der Waals surface area (Å²) in [6.07, 6.45) is 2.40. The van der Waals surface area contributed by atoms with Gasteiger partial charge >= 0.3 is 0 Å². The van der Waals surface area contributed by atoms with Crippen molar-refractivity contribution in [1.82, 2.24) is 5.32 Å². The highest BCUT2D eigenvalue weighted by Crippen LogP contribution is 2.27. The molecular formula is C19H29NO3. The van der Waals surface area contributed by atoms with E-state index in [1.54, 1.807) is 6.92 Å². The lowest BCUT2D eigenvalue weighted by molar-refractivity contribution is -0.126. The molecule has 0 bridgehead atoms. The molecule has 0 aliphatic carbocycles. The fourth-order valence-corrected chi connectivity index (χ4v) is 3.34. The van der Waals surface area contributed by atoms with Gasteiger partial charge in [-0.05, 0) is 31.2 Å². The molecule has 3 atom stereocenters. The van der Waals surface area contributed by atoms with Crippen LogP contribution in [0.25, 0.3) is 0 Å². The standard InChI is InChI=1S/C19H29NO3/c1-14(2)18-15(8-7-11-23-18)13-20-17(21)12-19(3,22)16-9-5-4-6-10-16/h4-6,9-10,14-15,18,22H,7-8,11-13H2,1-3H3,(H,20,21). The second-order valence-electron chi connectivity index (χ2n) is 7.10. The molecule has 1 amide bonds. The Kier molecular flexibility index (Phi) is 6.19. The lowest BCUT2D eigenvalue weighted by Gasteiger charge is -2.34. The van der Waals surface area contributed by atoms with Crippen molar-refractivity contribution in [3.8, 4) is 0 Å². The number of ether oxygens (including phenoxy) is 1. The van der Waals surface area contributed by atoms with Crippen LogP contribution in [0.15, 0.2) is 30.3 Å². The summed E-state index contributed by atoms with van der Waals surface area (Å²) in [4.78, 5) is 12.2. The van der Waals surface area contributed by atoms with Crippen LogP contribution in [-0.4, -0.2) is 30.3 Å². The van der Waals surface area contributed by atoms with Crippen LogP contribution in [0.4, 0.5) is 0 Å². The molecular weight excluding hydrogens is 290 g/mol. The minimum absolute atomic E-state index is 0.0664. The molecule has 1 aliphatic rings. The van der Waals surface area contributed by atoms with Crippen molar-refractivity contribution < 1.29 is 14.6 Å². The molecule has 1 fully saturated rings. The molecule has 4 heteroatoms. The third kappa shape index (κ3) is 5.05. The van der Waals surface area contributed by atoms with Gasteiger partial charge < -0.3 is 15.2 Å². The van der Waals surface area contributed by atoms with Crippen molar-refractivity contribution in [1.29, 1.82) is 0 Å². The van der Waals surface area contributed by atoms with Gasteiger partial charge in [-0.25, -0.2) is 0 Å². The van der Waals surface area contributed by atoms with Gasteiger partial charge in [-0.15, -0.1) is 0 Å². The minimum atomic E-state index is -1.15. The van der Waals surface area contributed by atoms with E-state index >= 15 is 0 Å². The van der Waals surface area contributed by atoms with E-state index in [-0.39, 0.29) is 18.4 Å². The summed E-state index contributed by atoms with van der Waals surface area (Å²) < 4.78 is 5.85. The lowest BCUT2D eigenvalue weighted by atomic mass is 9.87. The van der Waals surface area contributed by atoms with E-state index in [9.17, 15) is 9.90 Å². The Hall–Kier alpha value is -1.39. The van der Waals surface area contributed by atoms with Gasteiger partial charge in [0, 0.05) is 19.1 Å². The van der Waals surface area contributed by atoms with Crippen molar-refractivity contribution in [3.63, 3.8) is 0 Å². The van der Waals surface area contributed by atoms with Gasteiger partial charge in [-0.2, -0.15) is 0 Å². The number of benzene rings is 1. The molecule has 128 valence electrons. The maximum atomic E-state index is 12.2. The Morgan fingerprint density at radius 3 is 2.74 bits per heavy atom. The molecule has 4 nitrogen and oxygen atoms in total. The summed E-state index contributed by atoms with van der Waals surface area (Å²) in [6.45, 7) is 7.43. The topological polar surface area (TPSA) is 58.6 Å². The Bertz CT molecular complexity index is 499. The summed E-state index contributed by atoms with van der Waals surface area (Å²) in [5.41, 5.74) is -0.387. The first-order valence-electron chi connectivity index (χ1n) is 8.56. The average molecular weight is 319 g/mol. The highest BCUT2D eigenvalue weighted by atomic mass is 16.5. The molecule has 3 unspecified atom stereocenters. The van der Waals surface area contributed by atoms with Gasteiger partial charge in [-0.1, -0.05) is 44.2 Å². The number of carbonyl (C=O) groups is 1. The Morgan fingerprint density at radius 2 is 2.09 bits per heavy atom. The molecule has 1 aromatic rings. The number of nitrogens with one attached hydrogen (secondary N) is 1. The Labute approximate surface area is 139 Å². The zero-order chi connectivity index (χ0) is 16.9. The third-order valence-electron chi connectivity index (χ3n) is 4.61. The summed E-state index contributed by atoms with van der Waals surface area (Å²) in [5, 5.41) is 13.5. The number of amides is 1. The first kappa shape index (κ1) is 18.0.